The average molecular weight is 214 g/mol. The van der Waals surface area contributed by atoms with Crippen LogP contribution in [-0.2, 0) is 10.2 Å². The van der Waals surface area contributed by atoms with Gasteiger partial charge in [0.25, 0.3) is 0 Å². The summed E-state index contributed by atoms with van der Waals surface area (Å²) in [5, 5.41) is 9.35. The molecule has 0 spiro atoms. The number of hydrogen-bond acceptors (Lipinski definition) is 3. The Morgan fingerprint density at radius 2 is 2.06 bits per heavy atom. The van der Waals surface area contributed by atoms with Crippen molar-refractivity contribution in [2.75, 3.05) is 0 Å². The van der Waals surface area contributed by atoms with E-state index in [-0.39, 0.29) is 5.78 Å². The zero-order chi connectivity index (χ0) is 11.6. The standard InChI is InChI=1S/C13H14N2O/c1-10-2-3-12(15-8-10)13(9-14)6-4-11(16)5-7-13/h2-3,8H,4-7H2,1H3. The van der Waals surface area contributed by atoms with Gasteiger partial charge in [0.15, 0.2) is 0 Å². The summed E-state index contributed by atoms with van der Waals surface area (Å²) in [6, 6.07) is 6.24. The first kappa shape index (κ1) is 10.8. The minimum Gasteiger partial charge on any atom is -0.300 e. The lowest BCUT2D eigenvalue weighted by molar-refractivity contribution is -0.121. The number of rotatable bonds is 1. The topological polar surface area (TPSA) is 53.8 Å². The van der Waals surface area contributed by atoms with Crippen molar-refractivity contribution in [2.45, 2.75) is 38.0 Å². The summed E-state index contributed by atoms with van der Waals surface area (Å²) in [6.45, 7) is 1.97. The van der Waals surface area contributed by atoms with Gasteiger partial charge in [0.1, 0.15) is 11.2 Å². The first-order valence-corrected chi connectivity index (χ1v) is 5.52. The van der Waals surface area contributed by atoms with Gasteiger partial charge in [-0.1, -0.05) is 6.07 Å². The molecule has 0 atom stereocenters. The largest absolute Gasteiger partial charge is 0.300 e. The number of aromatic nitrogens is 1. The summed E-state index contributed by atoms with van der Waals surface area (Å²) in [6.07, 6.45) is 4.01. The van der Waals surface area contributed by atoms with Crippen molar-refractivity contribution >= 4 is 5.78 Å². The third-order valence-corrected chi connectivity index (χ3v) is 3.28. The van der Waals surface area contributed by atoms with Crippen molar-refractivity contribution in [3.8, 4) is 6.07 Å². The van der Waals surface area contributed by atoms with E-state index in [0.717, 1.165) is 11.3 Å². The van der Waals surface area contributed by atoms with Crippen molar-refractivity contribution in [3.63, 3.8) is 0 Å². The third kappa shape index (κ3) is 1.83. The SMILES string of the molecule is Cc1ccc(C2(C#N)CCC(=O)CC2)nc1. The smallest absolute Gasteiger partial charge is 0.133 e. The van der Waals surface area contributed by atoms with Crippen molar-refractivity contribution in [1.29, 1.82) is 5.26 Å². The van der Waals surface area contributed by atoms with Gasteiger partial charge in [-0.05, 0) is 31.4 Å². The van der Waals surface area contributed by atoms with Gasteiger partial charge in [0.2, 0.25) is 0 Å². The molecule has 1 aliphatic rings. The van der Waals surface area contributed by atoms with Gasteiger partial charge in [-0.25, -0.2) is 0 Å². The molecule has 1 saturated carbocycles. The molecule has 1 aromatic heterocycles. The van der Waals surface area contributed by atoms with Gasteiger partial charge in [-0.15, -0.1) is 0 Å². The summed E-state index contributed by atoms with van der Waals surface area (Å²) in [5.74, 6) is 0.262. The molecule has 0 unspecified atom stereocenters. The van der Waals surface area contributed by atoms with E-state index in [1.165, 1.54) is 0 Å². The predicted molar refractivity (Wildman–Crippen MR) is 59.7 cm³/mol. The fourth-order valence-electron chi connectivity index (χ4n) is 2.13. The van der Waals surface area contributed by atoms with Crippen LogP contribution in [0.4, 0.5) is 0 Å². The molecule has 1 aromatic rings. The van der Waals surface area contributed by atoms with Crippen LogP contribution in [0.1, 0.15) is 36.9 Å². The maximum absolute atomic E-state index is 11.2. The van der Waals surface area contributed by atoms with E-state index >= 15 is 0 Å². The number of pyridine rings is 1. The lowest BCUT2D eigenvalue weighted by Gasteiger charge is -2.29. The third-order valence-electron chi connectivity index (χ3n) is 3.28. The van der Waals surface area contributed by atoms with Crippen molar-refractivity contribution in [1.82, 2.24) is 4.98 Å². The van der Waals surface area contributed by atoms with Crippen LogP contribution in [0, 0.1) is 18.3 Å². The van der Waals surface area contributed by atoms with Crippen LogP contribution in [0.2, 0.25) is 0 Å². The van der Waals surface area contributed by atoms with Crippen LogP contribution in [-0.4, -0.2) is 10.8 Å². The number of nitriles is 1. The minimum atomic E-state index is -0.540. The molecule has 3 nitrogen and oxygen atoms in total. The Labute approximate surface area is 95.1 Å². The lowest BCUT2D eigenvalue weighted by Crippen LogP contribution is -2.31. The van der Waals surface area contributed by atoms with Crippen LogP contribution in [0.3, 0.4) is 0 Å². The van der Waals surface area contributed by atoms with E-state index in [2.05, 4.69) is 11.1 Å². The number of ketones is 1. The highest BCUT2D eigenvalue weighted by atomic mass is 16.1. The lowest BCUT2D eigenvalue weighted by atomic mass is 9.72. The number of nitrogens with zero attached hydrogens (tertiary/aromatic N) is 2. The predicted octanol–water partition coefficient (Wildman–Crippen LogP) is 2.29. The Morgan fingerprint density at radius 3 is 2.56 bits per heavy atom. The van der Waals surface area contributed by atoms with Crippen LogP contribution >= 0.6 is 0 Å². The zero-order valence-electron chi connectivity index (χ0n) is 9.36. The Kier molecular flexibility index (Phi) is 2.74. The van der Waals surface area contributed by atoms with E-state index in [0.29, 0.717) is 25.7 Å². The molecule has 1 heterocycles. The average Bonchev–Trinajstić information content (AvgIpc) is 2.32. The molecule has 1 aliphatic carbocycles. The van der Waals surface area contributed by atoms with Crippen LogP contribution in [0.5, 0.6) is 0 Å². The molecule has 0 aliphatic heterocycles. The summed E-state index contributed by atoms with van der Waals surface area (Å²) < 4.78 is 0. The minimum absolute atomic E-state index is 0.262. The first-order valence-electron chi connectivity index (χ1n) is 5.52. The molecule has 0 N–H and O–H groups in total. The molecule has 0 radical (unpaired) electrons. The Bertz CT molecular complexity index is 432. The highest BCUT2D eigenvalue weighted by Gasteiger charge is 2.37. The summed E-state index contributed by atoms with van der Waals surface area (Å²) >= 11 is 0. The van der Waals surface area contributed by atoms with Crippen LogP contribution in [0.15, 0.2) is 18.3 Å². The van der Waals surface area contributed by atoms with Crippen molar-refractivity contribution in [2.24, 2.45) is 0 Å². The normalized spacial score (nSPS) is 19.1. The van der Waals surface area contributed by atoms with Crippen molar-refractivity contribution < 1.29 is 4.79 Å². The summed E-state index contributed by atoms with van der Waals surface area (Å²) in [5.41, 5.74) is 1.36. The highest BCUT2D eigenvalue weighted by Crippen LogP contribution is 2.36. The van der Waals surface area contributed by atoms with E-state index in [9.17, 15) is 10.1 Å². The number of hydrogen-bond donors (Lipinski definition) is 0. The second-order valence-corrected chi connectivity index (χ2v) is 4.45. The molecule has 0 bridgehead atoms. The number of aryl methyl sites for hydroxylation is 1. The molecular weight excluding hydrogens is 200 g/mol. The van der Waals surface area contributed by atoms with E-state index in [1.54, 1.807) is 6.20 Å². The zero-order valence-corrected chi connectivity index (χ0v) is 9.36. The summed E-state index contributed by atoms with van der Waals surface area (Å²) in [7, 11) is 0. The second-order valence-electron chi connectivity index (χ2n) is 4.45. The molecule has 3 heteroatoms. The van der Waals surface area contributed by atoms with Gasteiger partial charge in [-0.2, -0.15) is 5.26 Å². The van der Waals surface area contributed by atoms with Crippen molar-refractivity contribution in [3.05, 3.63) is 29.6 Å². The number of Topliss-reactive ketones (excluding diaryl/α,β-unsaturated/α-hetero) is 1. The second kappa shape index (κ2) is 4.05. The molecule has 2 rings (SSSR count). The molecule has 16 heavy (non-hydrogen) atoms. The maximum Gasteiger partial charge on any atom is 0.133 e. The van der Waals surface area contributed by atoms with Gasteiger partial charge in [0, 0.05) is 19.0 Å². The van der Waals surface area contributed by atoms with Gasteiger partial charge in [0.05, 0.1) is 11.8 Å². The Morgan fingerprint density at radius 1 is 1.38 bits per heavy atom. The Balaban J connectivity index is 2.32. The molecule has 82 valence electrons. The fourth-order valence-corrected chi connectivity index (χ4v) is 2.13. The van der Waals surface area contributed by atoms with Gasteiger partial charge in [-0.3, -0.25) is 9.78 Å². The van der Waals surface area contributed by atoms with E-state index < -0.39 is 5.41 Å². The monoisotopic (exact) mass is 214 g/mol. The summed E-state index contributed by atoms with van der Waals surface area (Å²) in [4.78, 5) is 15.6. The van der Waals surface area contributed by atoms with Gasteiger partial charge >= 0.3 is 0 Å². The Hall–Kier alpha value is -1.69. The molecule has 0 aromatic carbocycles. The molecule has 0 amide bonds. The maximum atomic E-state index is 11.2. The molecule has 0 saturated heterocycles. The van der Waals surface area contributed by atoms with Gasteiger partial charge < -0.3 is 0 Å². The first-order chi connectivity index (χ1) is 7.66. The quantitative estimate of drug-likeness (QED) is 0.720. The highest BCUT2D eigenvalue weighted by molar-refractivity contribution is 5.79. The van der Waals surface area contributed by atoms with Crippen LogP contribution in [0.25, 0.3) is 0 Å². The molecule has 1 fully saturated rings. The van der Waals surface area contributed by atoms with Crippen LogP contribution < -0.4 is 0 Å². The van der Waals surface area contributed by atoms with E-state index in [1.807, 2.05) is 19.1 Å². The fraction of sp³-hybridized carbons (Fsp3) is 0.462. The van der Waals surface area contributed by atoms with E-state index in [4.69, 9.17) is 0 Å². The molecular formula is C13H14N2O. The number of carbonyl (C=O) groups excluding carboxylic acids is 1. The number of carbonyl (C=O) groups is 1.